The number of primary amides is 1. The van der Waals surface area contributed by atoms with Crippen LogP contribution in [0.2, 0.25) is 0 Å². The van der Waals surface area contributed by atoms with Crippen LogP contribution >= 0.6 is 11.8 Å². The predicted molar refractivity (Wildman–Crippen MR) is 45.4 cm³/mol. The second-order valence-corrected chi connectivity index (χ2v) is 3.02. The van der Waals surface area contributed by atoms with E-state index in [-0.39, 0.29) is 11.9 Å². The van der Waals surface area contributed by atoms with Crippen molar-refractivity contribution in [3.05, 3.63) is 0 Å². The van der Waals surface area contributed by atoms with Gasteiger partial charge in [0, 0.05) is 11.5 Å². The van der Waals surface area contributed by atoms with Gasteiger partial charge in [-0.2, -0.15) is 11.8 Å². The fourth-order valence-corrected chi connectivity index (χ4v) is 1.34. The first-order chi connectivity index (χ1) is 5.22. The number of hydrogen-bond donors (Lipinski definition) is 2. The van der Waals surface area contributed by atoms with Gasteiger partial charge >= 0.3 is 0 Å². The van der Waals surface area contributed by atoms with Crippen molar-refractivity contribution in [2.45, 2.75) is 6.04 Å². The molecule has 3 N–H and O–H groups in total. The number of carbonyl (C=O) groups is 2. The molecule has 0 fully saturated rings. The molecule has 0 spiro atoms. The van der Waals surface area contributed by atoms with Crippen molar-refractivity contribution < 1.29 is 9.59 Å². The highest BCUT2D eigenvalue weighted by atomic mass is 32.2. The number of rotatable bonds is 6. The van der Waals surface area contributed by atoms with Crippen LogP contribution in [-0.4, -0.2) is 36.8 Å². The van der Waals surface area contributed by atoms with Crippen LogP contribution in [0.3, 0.4) is 0 Å². The van der Waals surface area contributed by atoms with E-state index in [9.17, 15) is 9.59 Å². The maximum atomic E-state index is 10.6. The Morgan fingerprint density at radius 2 is 2.45 bits per heavy atom. The van der Waals surface area contributed by atoms with Crippen LogP contribution in [0.15, 0.2) is 0 Å². The van der Waals surface area contributed by atoms with Crippen molar-refractivity contribution in [3.63, 3.8) is 0 Å². The smallest absolute Gasteiger partial charge is 0.235 e. The Balaban J connectivity index is 3.52. The van der Waals surface area contributed by atoms with Crippen molar-refractivity contribution in [3.8, 4) is 0 Å². The van der Waals surface area contributed by atoms with E-state index in [1.165, 1.54) is 11.8 Å². The molecule has 1 atom stereocenters. The van der Waals surface area contributed by atoms with Gasteiger partial charge in [-0.15, -0.1) is 0 Å². The van der Waals surface area contributed by atoms with Crippen molar-refractivity contribution >= 4 is 24.0 Å². The summed E-state index contributed by atoms with van der Waals surface area (Å²) in [6.07, 6.45) is 0.804. The molecular weight excluding hydrogens is 164 g/mol. The molecular formula is C6H12N2O2S. The average molecular weight is 176 g/mol. The zero-order valence-corrected chi connectivity index (χ0v) is 7.19. The van der Waals surface area contributed by atoms with Crippen LogP contribution in [0, 0.1) is 0 Å². The fraction of sp³-hybridized carbons (Fsp3) is 0.667. The van der Waals surface area contributed by atoms with E-state index in [1.54, 1.807) is 7.05 Å². The van der Waals surface area contributed by atoms with E-state index in [2.05, 4.69) is 5.32 Å². The Hall–Kier alpha value is -0.550. The first-order valence-corrected chi connectivity index (χ1v) is 4.35. The molecule has 5 heteroatoms. The summed E-state index contributed by atoms with van der Waals surface area (Å²) < 4.78 is 0. The number of hydrogen-bond acceptors (Lipinski definition) is 4. The zero-order valence-electron chi connectivity index (χ0n) is 6.37. The van der Waals surface area contributed by atoms with E-state index in [0.29, 0.717) is 11.5 Å². The highest BCUT2D eigenvalue weighted by molar-refractivity contribution is 7.99. The molecule has 0 rings (SSSR count). The Labute approximate surface area is 69.9 Å². The Morgan fingerprint density at radius 1 is 1.82 bits per heavy atom. The fourth-order valence-electron chi connectivity index (χ4n) is 0.542. The van der Waals surface area contributed by atoms with Gasteiger partial charge in [-0.3, -0.25) is 4.79 Å². The number of nitrogens with one attached hydrogen (secondary N) is 1. The number of nitrogens with two attached hydrogens (primary N) is 1. The van der Waals surface area contributed by atoms with Crippen molar-refractivity contribution in [2.24, 2.45) is 5.73 Å². The average Bonchev–Trinajstić information content (AvgIpc) is 1.97. The van der Waals surface area contributed by atoms with Crippen molar-refractivity contribution in [1.82, 2.24) is 5.32 Å². The van der Waals surface area contributed by atoms with Gasteiger partial charge in [0.05, 0.1) is 6.04 Å². The summed E-state index contributed by atoms with van der Waals surface area (Å²) >= 11 is 1.38. The quantitative estimate of drug-likeness (QED) is 0.402. The minimum atomic E-state index is -0.383. The second-order valence-electron chi connectivity index (χ2n) is 1.95. The van der Waals surface area contributed by atoms with E-state index < -0.39 is 0 Å². The number of likely N-dealkylation sites (N-methyl/N-ethyl adjacent to an activating group) is 1. The third-order valence-corrected chi connectivity index (χ3v) is 2.10. The minimum Gasteiger partial charge on any atom is -0.368 e. The van der Waals surface area contributed by atoms with Gasteiger partial charge in [0.1, 0.15) is 6.29 Å². The van der Waals surface area contributed by atoms with Crippen LogP contribution in [0.5, 0.6) is 0 Å². The molecule has 4 nitrogen and oxygen atoms in total. The Bertz CT molecular complexity index is 141. The third-order valence-electron chi connectivity index (χ3n) is 1.16. The molecule has 0 aromatic heterocycles. The SMILES string of the molecule is CN[C@H](CSCC=O)C(N)=O. The number of amides is 1. The van der Waals surface area contributed by atoms with E-state index >= 15 is 0 Å². The summed E-state index contributed by atoms with van der Waals surface area (Å²) in [6.45, 7) is 0. The highest BCUT2D eigenvalue weighted by Crippen LogP contribution is 1.99. The van der Waals surface area contributed by atoms with Crippen LogP contribution in [0.4, 0.5) is 0 Å². The standard InChI is InChI=1S/C6H12N2O2S/c1-8-5(6(7)10)4-11-3-2-9/h2,5,8H,3-4H2,1H3,(H2,7,10)/t5-/m1/s1. The molecule has 0 aromatic rings. The summed E-state index contributed by atoms with van der Waals surface area (Å²) in [5.74, 6) is 0.571. The molecule has 0 aliphatic rings. The largest absolute Gasteiger partial charge is 0.368 e. The lowest BCUT2D eigenvalue weighted by Crippen LogP contribution is -2.41. The summed E-state index contributed by atoms with van der Waals surface area (Å²) in [5, 5.41) is 2.75. The molecule has 0 aliphatic heterocycles. The van der Waals surface area contributed by atoms with E-state index in [0.717, 1.165) is 6.29 Å². The third kappa shape index (κ3) is 4.80. The summed E-state index contributed by atoms with van der Waals surface area (Å²) in [6, 6.07) is -0.333. The Morgan fingerprint density at radius 3 is 2.82 bits per heavy atom. The van der Waals surface area contributed by atoms with Crippen molar-refractivity contribution in [2.75, 3.05) is 18.6 Å². The van der Waals surface area contributed by atoms with Crippen LogP contribution < -0.4 is 11.1 Å². The lowest BCUT2D eigenvalue weighted by molar-refractivity contribution is -0.119. The van der Waals surface area contributed by atoms with Gasteiger partial charge in [0.25, 0.3) is 0 Å². The van der Waals surface area contributed by atoms with Crippen LogP contribution in [0.25, 0.3) is 0 Å². The summed E-state index contributed by atoms with van der Waals surface area (Å²) in [7, 11) is 1.66. The maximum absolute atomic E-state index is 10.6. The normalized spacial score (nSPS) is 12.5. The molecule has 0 unspecified atom stereocenters. The van der Waals surface area contributed by atoms with Gasteiger partial charge in [-0.1, -0.05) is 0 Å². The molecule has 0 heterocycles. The second kappa shape index (κ2) is 6.18. The number of carbonyl (C=O) groups excluding carboxylic acids is 2. The van der Waals surface area contributed by atoms with Crippen LogP contribution in [-0.2, 0) is 9.59 Å². The first-order valence-electron chi connectivity index (χ1n) is 3.20. The van der Waals surface area contributed by atoms with E-state index in [4.69, 9.17) is 5.73 Å². The molecule has 0 saturated carbocycles. The minimum absolute atomic E-state index is 0.333. The lowest BCUT2D eigenvalue weighted by Gasteiger charge is -2.09. The molecule has 0 saturated heterocycles. The van der Waals surface area contributed by atoms with Gasteiger partial charge < -0.3 is 15.8 Å². The number of thioether (sulfide) groups is 1. The summed E-state index contributed by atoms with van der Waals surface area (Å²) in [5.41, 5.74) is 5.03. The lowest BCUT2D eigenvalue weighted by atomic mass is 10.3. The predicted octanol–water partition coefficient (Wildman–Crippen LogP) is -1.01. The molecule has 64 valence electrons. The Kier molecular flexibility index (Phi) is 5.87. The molecule has 0 radical (unpaired) electrons. The summed E-state index contributed by atoms with van der Waals surface area (Å²) in [4.78, 5) is 20.5. The molecule has 0 aromatic carbocycles. The zero-order chi connectivity index (χ0) is 8.69. The van der Waals surface area contributed by atoms with Crippen molar-refractivity contribution in [1.29, 1.82) is 0 Å². The molecule has 0 aliphatic carbocycles. The first kappa shape index (κ1) is 10.4. The van der Waals surface area contributed by atoms with E-state index in [1.807, 2.05) is 0 Å². The topological polar surface area (TPSA) is 72.2 Å². The number of aldehydes is 1. The van der Waals surface area contributed by atoms with Gasteiger partial charge in [-0.05, 0) is 7.05 Å². The molecule has 11 heavy (non-hydrogen) atoms. The van der Waals surface area contributed by atoms with Gasteiger partial charge in [0.2, 0.25) is 5.91 Å². The maximum Gasteiger partial charge on any atom is 0.235 e. The van der Waals surface area contributed by atoms with Gasteiger partial charge in [-0.25, -0.2) is 0 Å². The molecule has 0 bridgehead atoms. The molecule has 1 amide bonds. The van der Waals surface area contributed by atoms with Gasteiger partial charge in [0.15, 0.2) is 0 Å². The highest BCUT2D eigenvalue weighted by Gasteiger charge is 2.11. The van der Waals surface area contributed by atoms with Crippen LogP contribution in [0.1, 0.15) is 0 Å². The monoisotopic (exact) mass is 176 g/mol.